The monoisotopic (exact) mass is 349 g/mol. The molecule has 0 unspecified atom stereocenters. The van der Waals surface area contributed by atoms with Crippen molar-refractivity contribution >= 4 is 40.5 Å². The number of hydrogen-bond donors (Lipinski definition) is 1. The highest BCUT2D eigenvalue weighted by atomic mass is 35.5. The Balaban J connectivity index is 1.82. The van der Waals surface area contributed by atoms with Crippen molar-refractivity contribution in [3.63, 3.8) is 0 Å². The van der Waals surface area contributed by atoms with E-state index in [4.69, 9.17) is 34.8 Å². The number of rotatable bonds is 1. The number of benzene rings is 2. The molecule has 112 valence electrons. The summed E-state index contributed by atoms with van der Waals surface area (Å²) in [5.41, 5.74) is 3.44. The highest BCUT2D eigenvalue weighted by Gasteiger charge is 2.39. The number of anilines is 1. The summed E-state index contributed by atoms with van der Waals surface area (Å²) in [7, 11) is 0. The fourth-order valence-electron chi connectivity index (χ4n) is 3.64. The van der Waals surface area contributed by atoms with E-state index in [0.717, 1.165) is 27.7 Å². The van der Waals surface area contributed by atoms with Crippen LogP contribution in [0, 0.1) is 5.92 Å². The fraction of sp³-hybridized carbons (Fsp3) is 0.222. The van der Waals surface area contributed by atoms with Crippen LogP contribution >= 0.6 is 34.8 Å². The van der Waals surface area contributed by atoms with E-state index < -0.39 is 0 Å². The van der Waals surface area contributed by atoms with Crippen LogP contribution in [0.4, 0.5) is 5.69 Å². The Morgan fingerprint density at radius 2 is 1.73 bits per heavy atom. The van der Waals surface area contributed by atoms with E-state index in [1.54, 1.807) is 0 Å². The lowest BCUT2D eigenvalue weighted by Gasteiger charge is -2.38. The second-order valence-electron chi connectivity index (χ2n) is 5.88. The molecule has 0 amide bonds. The first-order chi connectivity index (χ1) is 10.6. The largest absolute Gasteiger partial charge is 0.378 e. The standard InChI is InChI=1S/C18H14Cl3N/c19-11-6-4-10(5-7-11)18-14-3-1-2-13(14)17-15(21)8-12(20)9-16(17)22-18/h1-2,4-9,13-14,18,22H,3H2/t13-,14+,18-/m0/s1. The third kappa shape index (κ3) is 2.32. The maximum atomic E-state index is 6.45. The Labute approximate surface area is 144 Å². The van der Waals surface area contributed by atoms with Crippen LogP contribution in [0.1, 0.15) is 29.5 Å². The van der Waals surface area contributed by atoms with Crippen molar-refractivity contribution in [1.82, 2.24) is 0 Å². The lowest BCUT2D eigenvalue weighted by molar-refractivity contribution is 0.426. The molecule has 2 aromatic carbocycles. The third-order valence-corrected chi connectivity index (χ3v) is 5.39. The minimum absolute atomic E-state index is 0.235. The zero-order valence-corrected chi connectivity index (χ0v) is 14.0. The van der Waals surface area contributed by atoms with Crippen molar-refractivity contribution in [1.29, 1.82) is 0 Å². The molecule has 3 atom stereocenters. The van der Waals surface area contributed by atoms with Gasteiger partial charge in [0.25, 0.3) is 0 Å². The number of nitrogens with one attached hydrogen (secondary N) is 1. The van der Waals surface area contributed by atoms with E-state index in [9.17, 15) is 0 Å². The molecule has 22 heavy (non-hydrogen) atoms. The molecule has 0 bridgehead atoms. The zero-order valence-electron chi connectivity index (χ0n) is 11.7. The molecule has 0 aromatic heterocycles. The van der Waals surface area contributed by atoms with Gasteiger partial charge in [-0.2, -0.15) is 0 Å². The molecule has 0 fully saturated rings. The van der Waals surface area contributed by atoms with Crippen LogP contribution in [-0.4, -0.2) is 0 Å². The van der Waals surface area contributed by atoms with Crippen molar-refractivity contribution in [2.24, 2.45) is 5.92 Å². The summed E-state index contributed by atoms with van der Waals surface area (Å²) in [5, 5.41) is 5.79. The Bertz CT molecular complexity index is 752. The van der Waals surface area contributed by atoms with Gasteiger partial charge < -0.3 is 5.32 Å². The highest BCUT2D eigenvalue weighted by Crippen LogP contribution is 2.52. The van der Waals surface area contributed by atoms with E-state index in [1.807, 2.05) is 24.3 Å². The normalized spacial score (nSPS) is 25.5. The van der Waals surface area contributed by atoms with Gasteiger partial charge >= 0.3 is 0 Å². The van der Waals surface area contributed by atoms with Crippen LogP contribution in [0.3, 0.4) is 0 Å². The quantitative estimate of drug-likeness (QED) is 0.581. The van der Waals surface area contributed by atoms with E-state index >= 15 is 0 Å². The van der Waals surface area contributed by atoms with Crippen molar-refractivity contribution in [3.8, 4) is 0 Å². The van der Waals surface area contributed by atoms with Crippen LogP contribution in [0.15, 0.2) is 48.6 Å². The van der Waals surface area contributed by atoms with Gasteiger partial charge in [0.15, 0.2) is 0 Å². The highest BCUT2D eigenvalue weighted by molar-refractivity contribution is 6.35. The van der Waals surface area contributed by atoms with E-state index in [1.165, 1.54) is 5.56 Å². The summed E-state index contributed by atoms with van der Waals surface area (Å²) in [4.78, 5) is 0. The van der Waals surface area contributed by atoms with Gasteiger partial charge in [0.05, 0.1) is 6.04 Å². The van der Waals surface area contributed by atoms with Gasteiger partial charge in [-0.1, -0.05) is 59.1 Å². The Kier molecular flexibility index (Phi) is 3.60. The predicted octanol–water partition coefficient (Wildman–Crippen LogP) is 6.47. The molecule has 0 saturated carbocycles. The average molecular weight is 351 g/mol. The lowest BCUT2D eigenvalue weighted by Crippen LogP contribution is -2.29. The fourth-order valence-corrected chi connectivity index (χ4v) is 4.39. The van der Waals surface area contributed by atoms with E-state index in [0.29, 0.717) is 16.9 Å². The second kappa shape index (κ2) is 5.49. The molecule has 4 heteroatoms. The molecule has 0 spiro atoms. The summed E-state index contributed by atoms with van der Waals surface area (Å²) in [5.74, 6) is 0.800. The van der Waals surface area contributed by atoms with Crippen LogP contribution in [0.2, 0.25) is 15.1 Å². The topological polar surface area (TPSA) is 12.0 Å². The molecule has 1 nitrogen and oxygen atoms in total. The van der Waals surface area contributed by atoms with Gasteiger partial charge in [-0.3, -0.25) is 0 Å². The van der Waals surface area contributed by atoms with E-state index in [-0.39, 0.29) is 6.04 Å². The first-order valence-electron chi connectivity index (χ1n) is 7.31. The average Bonchev–Trinajstić information content (AvgIpc) is 2.95. The molecule has 2 aliphatic rings. The smallest absolute Gasteiger partial charge is 0.0553 e. The van der Waals surface area contributed by atoms with Crippen molar-refractivity contribution in [2.45, 2.75) is 18.4 Å². The van der Waals surface area contributed by atoms with Gasteiger partial charge in [-0.25, -0.2) is 0 Å². The van der Waals surface area contributed by atoms with Crippen molar-refractivity contribution in [2.75, 3.05) is 5.32 Å². The number of fused-ring (bicyclic) bond motifs is 3. The van der Waals surface area contributed by atoms with Gasteiger partial charge in [0.1, 0.15) is 0 Å². The van der Waals surface area contributed by atoms with Gasteiger partial charge in [-0.05, 0) is 42.2 Å². The number of halogens is 3. The molecular weight excluding hydrogens is 337 g/mol. The Morgan fingerprint density at radius 3 is 2.50 bits per heavy atom. The molecule has 1 N–H and O–H groups in total. The summed E-state index contributed by atoms with van der Waals surface area (Å²) in [6, 6.07) is 12.1. The van der Waals surface area contributed by atoms with Gasteiger partial charge in [0, 0.05) is 32.2 Å². The number of hydrogen-bond acceptors (Lipinski definition) is 1. The first-order valence-corrected chi connectivity index (χ1v) is 8.44. The van der Waals surface area contributed by atoms with Crippen molar-refractivity contribution in [3.05, 3.63) is 74.7 Å². The van der Waals surface area contributed by atoms with Crippen LogP contribution in [0.25, 0.3) is 0 Å². The Morgan fingerprint density at radius 1 is 0.955 bits per heavy atom. The molecule has 4 rings (SSSR count). The molecule has 0 radical (unpaired) electrons. The van der Waals surface area contributed by atoms with Crippen LogP contribution < -0.4 is 5.32 Å². The minimum Gasteiger partial charge on any atom is -0.378 e. The first kappa shape index (κ1) is 14.4. The second-order valence-corrected chi connectivity index (χ2v) is 7.16. The third-order valence-electron chi connectivity index (χ3n) is 4.61. The SMILES string of the molecule is Clc1ccc([C@@H]2Nc3cc(Cl)cc(Cl)c3[C@H]3C=CC[C@H]32)cc1. The summed E-state index contributed by atoms with van der Waals surface area (Å²) in [6.45, 7) is 0. The predicted molar refractivity (Wildman–Crippen MR) is 94.3 cm³/mol. The summed E-state index contributed by atoms with van der Waals surface area (Å²) >= 11 is 18.6. The molecule has 1 aliphatic carbocycles. The van der Waals surface area contributed by atoms with Gasteiger partial charge in [0.2, 0.25) is 0 Å². The van der Waals surface area contributed by atoms with Gasteiger partial charge in [-0.15, -0.1) is 0 Å². The minimum atomic E-state index is 0.235. The summed E-state index contributed by atoms with van der Waals surface area (Å²) < 4.78 is 0. The number of allylic oxidation sites excluding steroid dienone is 2. The molecule has 1 heterocycles. The van der Waals surface area contributed by atoms with E-state index in [2.05, 4.69) is 29.6 Å². The Hall–Kier alpha value is -1.15. The molecule has 0 saturated heterocycles. The lowest BCUT2D eigenvalue weighted by atomic mass is 9.77. The maximum absolute atomic E-state index is 6.45. The van der Waals surface area contributed by atoms with Crippen molar-refractivity contribution < 1.29 is 0 Å². The van der Waals surface area contributed by atoms with Crippen LogP contribution in [-0.2, 0) is 0 Å². The molecule has 1 aliphatic heterocycles. The molecule has 2 aromatic rings. The maximum Gasteiger partial charge on any atom is 0.0553 e. The summed E-state index contributed by atoms with van der Waals surface area (Å²) in [6.07, 6.45) is 5.57. The van der Waals surface area contributed by atoms with Crippen LogP contribution in [0.5, 0.6) is 0 Å². The molecular formula is C18H14Cl3N. The zero-order chi connectivity index (χ0) is 15.3.